The highest BCUT2D eigenvalue weighted by atomic mass is 32.2. The second-order valence-electron chi connectivity index (χ2n) is 13.1. The zero-order valence-electron chi connectivity index (χ0n) is 26.7. The molecular formula is C34H40FN5O7S. The Labute approximate surface area is 278 Å². The molecule has 0 spiro atoms. The Hall–Kier alpha value is -4.30. The Kier molecular flexibility index (Phi) is 9.31. The fraction of sp³-hybridized carbons (Fsp3) is 0.471. The van der Waals surface area contributed by atoms with Crippen LogP contribution in [-0.4, -0.2) is 72.3 Å². The van der Waals surface area contributed by atoms with E-state index in [0.29, 0.717) is 36.0 Å². The molecule has 3 heterocycles. The summed E-state index contributed by atoms with van der Waals surface area (Å²) >= 11 is 0. The van der Waals surface area contributed by atoms with Crippen molar-refractivity contribution in [2.24, 2.45) is 11.7 Å². The van der Waals surface area contributed by atoms with Gasteiger partial charge in [-0.3, -0.25) is 19.3 Å². The molecule has 4 amide bonds. The first kappa shape index (κ1) is 33.6. The molecular weight excluding hydrogens is 641 g/mol. The standard InChI is InChI=1S/C34H40FN5O7S/c1-21-10-7-8-15-29(21)48(45,46)38-32(43)34-17-23(34)12-5-3-2-4-6-14-27(36)31(42)40-19-24(16-28(40)30(41)37-34)47-33(44)39-18-22-11-9-13-26(35)25(22)20-39/h5,7-13,15,23-24,27-28H,2-4,6,14,16-20,36H2,1H3,(H,37,41)(H,38,43)/t23-,24-,27+,28+,34-/m1/s1. The van der Waals surface area contributed by atoms with Crippen molar-refractivity contribution >= 4 is 33.8 Å². The Morgan fingerprint density at radius 1 is 1.08 bits per heavy atom. The van der Waals surface area contributed by atoms with Gasteiger partial charge < -0.3 is 20.7 Å². The predicted octanol–water partition coefficient (Wildman–Crippen LogP) is 2.78. The predicted molar refractivity (Wildman–Crippen MR) is 172 cm³/mol. The van der Waals surface area contributed by atoms with Crippen molar-refractivity contribution in [1.82, 2.24) is 19.8 Å². The van der Waals surface area contributed by atoms with E-state index in [1.165, 1.54) is 21.9 Å². The highest BCUT2D eigenvalue weighted by Gasteiger charge is 2.61. The van der Waals surface area contributed by atoms with Crippen LogP contribution in [0.2, 0.25) is 0 Å². The molecule has 6 rings (SSSR count). The maximum absolute atomic E-state index is 14.3. The number of nitrogens with one attached hydrogen (secondary N) is 2. The summed E-state index contributed by atoms with van der Waals surface area (Å²) in [6, 6.07) is 8.86. The molecule has 2 aromatic carbocycles. The number of amides is 4. The van der Waals surface area contributed by atoms with Gasteiger partial charge >= 0.3 is 6.09 Å². The van der Waals surface area contributed by atoms with Crippen molar-refractivity contribution in [3.05, 3.63) is 77.1 Å². The topological polar surface area (TPSA) is 168 Å². The van der Waals surface area contributed by atoms with E-state index in [1.54, 1.807) is 37.3 Å². The molecule has 1 saturated heterocycles. The molecule has 4 aliphatic rings. The third kappa shape index (κ3) is 6.68. The van der Waals surface area contributed by atoms with Gasteiger partial charge in [0.15, 0.2) is 0 Å². The van der Waals surface area contributed by atoms with Crippen LogP contribution in [0.25, 0.3) is 0 Å². The first-order valence-electron chi connectivity index (χ1n) is 16.3. The minimum absolute atomic E-state index is 0.0307. The molecule has 12 nitrogen and oxygen atoms in total. The van der Waals surface area contributed by atoms with Gasteiger partial charge in [-0.1, -0.05) is 55.3 Å². The van der Waals surface area contributed by atoms with Crippen molar-refractivity contribution in [3.63, 3.8) is 0 Å². The van der Waals surface area contributed by atoms with Gasteiger partial charge in [0.05, 0.1) is 24.0 Å². The Morgan fingerprint density at radius 3 is 2.65 bits per heavy atom. The average molecular weight is 682 g/mol. The lowest BCUT2D eigenvalue weighted by molar-refractivity contribution is -0.140. The zero-order valence-corrected chi connectivity index (χ0v) is 27.5. The summed E-state index contributed by atoms with van der Waals surface area (Å²) in [4.78, 5) is 57.1. The normalized spacial score (nSPS) is 27.6. The fourth-order valence-corrected chi connectivity index (χ4v) is 8.20. The maximum Gasteiger partial charge on any atom is 0.410 e. The molecule has 0 aromatic heterocycles. The number of sulfonamides is 1. The van der Waals surface area contributed by atoms with E-state index >= 15 is 0 Å². The second-order valence-corrected chi connectivity index (χ2v) is 14.8. The third-order valence-electron chi connectivity index (χ3n) is 9.75. The van der Waals surface area contributed by atoms with Gasteiger partial charge in [-0.2, -0.15) is 0 Å². The summed E-state index contributed by atoms with van der Waals surface area (Å²) in [5.41, 5.74) is 6.27. The van der Waals surface area contributed by atoms with Crippen LogP contribution in [0.4, 0.5) is 9.18 Å². The Balaban J connectivity index is 1.22. The molecule has 0 radical (unpaired) electrons. The van der Waals surface area contributed by atoms with Crippen molar-refractivity contribution in [2.75, 3.05) is 6.54 Å². The highest BCUT2D eigenvalue weighted by molar-refractivity contribution is 7.90. The molecule has 0 bridgehead atoms. The number of nitrogens with zero attached hydrogens (tertiary/aromatic N) is 2. The molecule has 3 aliphatic heterocycles. The molecule has 1 saturated carbocycles. The van der Waals surface area contributed by atoms with Gasteiger partial charge in [0.1, 0.15) is 23.5 Å². The number of aryl methyl sites for hydroxylation is 1. The molecule has 14 heteroatoms. The van der Waals surface area contributed by atoms with Crippen LogP contribution in [0.15, 0.2) is 59.5 Å². The van der Waals surface area contributed by atoms with Crippen LogP contribution >= 0.6 is 0 Å². The number of hydrogen-bond donors (Lipinski definition) is 3. The summed E-state index contributed by atoms with van der Waals surface area (Å²) in [7, 11) is -4.26. The number of carbonyl (C=O) groups is 4. The van der Waals surface area contributed by atoms with Crippen LogP contribution in [0.3, 0.4) is 0 Å². The van der Waals surface area contributed by atoms with E-state index in [0.717, 1.165) is 12.8 Å². The minimum Gasteiger partial charge on any atom is -0.444 e. The van der Waals surface area contributed by atoms with Crippen molar-refractivity contribution < 1.29 is 36.7 Å². The number of benzene rings is 2. The van der Waals surface area contributed by atoms with E-state index < -0.39 is 69.3 Å². The molecule has 0 unspecified atom stereocenters. The highest BCUT2D eigenvalue weighted by Crippen LogP contribution is 2.46. The van der Waals surface area contributed by atoms with Crippen molar-refractivity contribution in [3.8, 4) is 0 Å². The number of fused-ring (bicyclic) bond motifs is 3. The lowest BCUT2D eigenvalue weighted by Gasteiger charge is -2.28. The van der Waals surface area contributed by atoms with Crippen molar-refractivity contribution in [1.29, 1.82) is 0 Å². The average Bonchev–Trinajstić information content (AvgIpc) is 3.34. The van der Waals surface area contributed by atoms with Gasteiger partial charge in [0.25, 0.3) is 15.9 Å². The summed E-state index contributed by atoms with van der Waals surface area (Å²) in [5.74, 6) is -2.93. The smallest absolute Gasteiger partial charge is 0.410 e. The quantitative estimate of drug-likeness (QED) is 0.414. The maximum atomic E-state index is 14.3. The second kappa shape index (κ2) is 13.3. The van der Waals surface area contributed by atoms with Gasteiger partial charge in [-0.25, -0.2) is 22.3 Å². The molecule has 48 heavy (non-hydrogen) atoms. The Bertz CT molecular complexity index is 1770. The Morgan fingerprint density at radius 2 is 1.88 bits per heavy atom. The van der Waals surface area contributed by atoms with E-state index in [1.807, 2.05) is 12.2 Å². The summed E-state index contributed by atoms with van der Waals surface area (Å²) in [6.45, 7) is 1.71. The van der Waals surface area contributed by atoms with Crippen LogP contribution in [0.1, 0.15) is 61.6 Å². The first-order valence-corrected chi connectivity index (χ1v) is 17.8. The zero-order chi connectivity index (χ0) is 34.2. The van der Waals surface area contributed by atoms with E-state index in [2.05, 4.69) is 10.0 Å². The van der Waals surface area contributed by atoms with Gasteiger partial charge in [0.2, 0.25) is 11.8 Å². The van der Waals surface area contributed by atoms with Gasteiger partial charge in [-0.05, 0) is 55.9 Å². The lowest BCUT2D eigenvalue weighted by atomic mass is 10.1. The third-order valence-corrected chi connectivity index (χ3v) is 11.2. The number of halogens is 1. The molecule has 5 atom stereocenters. The molecule has 256 valence electrons. The molecule has 1 aliphatic carbocycles. The molecule has 2 fully saturated rings. The summed E-state index contributed by atoms with van der Waals surface area (Å²) in [6.07, 6.45) is 5.71. The SMILES string of the molecule is Cc1ccccc1S(=O)(=O)NC(=O)[C@@]12C[C@H]1C=CCCCCC[C@H](N)C(=O)N1C[C@H](OC(=O)N3Cc4cccc(F)c4C3)C[C@H]1C(=O)N2. The van der Waals surface area contributed by atoms with Crippen LogP contribution < -0.4 is 15.8 Å². The largest absolute Gasteiger partial charge is 0.444 e. The number of ether oxygens (including phenoxy) is 1. The lowest BCUT2D eigenvalue weighted by Crippen LogP contribution is -2.57. The van der Waals surface area contributed by atoms with Crippen molar-refractivity contribution in [2.45, 2.75) is 93.6 Å². The summed E-state index contributed by atoms with van der Waals surface area (Å²) in [5, 5.41) is 2.79. The van der Waals surface area contributed by atoms with Crippen LogP contribution in [0, 0.1) is 18.7 Å². The number of allylic oxidation sites excluding steroid dienone is 1. The number of rotatable bonds is 4. The molecule has 4 N–H and O–H groups in total. The number of carbonyl (C=O) groups excluding carboxylic acids is 4. The number of nitrogens with two attached hydrogens (primary N) is 1. The van der Waals surface area contributed by atoms with E-state index in [9.17, 15) is 32.0 Å². The van der Waals surface area contributed by atoms with Crippen LogP contribution in [0.5, 0.6) is 0 Å². The van der Waals surface area contributed by atoms with Crippen LogP contribution in [-0.2, 0) is 42.2 Å². The number of hydrogen-bond acceptors (Lipinski definition) is 8. The fourth-order valence-electron chi connectivity index (χ4n) is 6.91. The minimum atomic E-state index is -4.26. The first-order chi connectivity index (χ1) is 22.9. The van der Waals surface area contributed by atoms with Gasteiger partial charge in [-0.15, -0.1) is 0 Å². The monoisotopic (exact) mass is 681 g/mol. The van der Waals surface area contributed by atoms with Gasteiger partial charge in [0, 0.05) is 24.4 Å². The molecule has 2 aromatic rings. The van der Waals surface area contributed by atoms with E-state index in [-0.39, 0.29) is 37.4 Å². The van der Waals surface area contributed by atoms with E-state index in [4.69, 9.17) is 10.5 Å². The summed E-state index contributed by atoms with van der Waals surface area (Å²) < 4.78 is 48.7.